The van der Waals surface area contributed by atoms with Gasteiger partial charge in [-0.2, -0.15) is 0 Å². The summed E-state index contributed by atoms with van der Waals surface area (Å²) in [6.07, 6.45) is 4.40. The molecule has 2 aliphatic carbocycles. The smallest absolute Gasteiger partial charge is 0.133 e. The van der Waals surface area contributed by atoms with E-state index in [1.165, 1.54) is 6.07 Å². The van der Waals surface area contributed by atoms with Gasteiger partial charge in [0.1, 0.15) is 11.6 Å². The normalized spacial score (nSPS) is 18.9. The van der Waals surface area contributed by atoms with Crippen molar-refractivity contribution in [1.29, 1.82) is 0 Å². The van der Waals surface area contributed by atoms with Gasteiger partial charge >= 0.3 is 0 Å². The molecule has 0 radical (unpaired) electrons. The van der Waals surface area contributed by atoms with Crippen molar-refractivity contribution < 1.29 is 13.9 Å². The average molecular weight is 300 g/mol. The summed E-state index contributed by atoms with van der Waals surface area (Å²) in [6.45, 7) is 0. The van der Waals surface area contributed by atoms with Gasteiger partial charge in [-0.25, -0.2) is 8.78 Å². The fraction of sp³-hybridized carbons (Fsp3) is 0.368. The summed E-state index contributed by atoms with van der Waals surface area (Å²) >= 11 is 0. The quantitative estimate of drug-likeness (QED) is 0.691. The lowest BCUT2D eigenvalue weighted by atomic mass is 9.78. The molecule has 2 aromatic carbocycles. The van der Waals surface area contributed by atoms with Crippen molar-refractivity contribution in [2.24, 2.45) is 0 Å². The fourth-order valence-corrected chi connectivity index (χ4v) is 3.98. The van der Waals surface area contributed by atoms with E-state index in [4.69, 9.17) is 0 Å². The lowest BCUT2D eigenvalue weighted by Crippen LogP contribution is -2.30. The first kappa shape index (κ1) is 13.9. The molecule has 1 saturated carbocycles. The SMILES string of the molecule is OC1(c2ccc3c(c2F)Cc2c(F)cccc2-3)CCCCC1. The van der Waals surface area contributed by atoms with Gasteiger partial charge in [0.2, 0.25) is 0 Å². The molecule has 2 aromatic rings. The van der Waals surface area contributed by atoms with Gasteiger partial charge in [0.25, 0.3) is 0 Å². The summed E-state index contributed by atoms with van der Waals surface area (Å²) in [4.78, 5) is 0. The summed E-state index contributed by atoms with van der Waals surface area (Å²) in [5, 5.41) is 10.8. The predicted octanol–water partition coefficient (Wildman–Crippen LogP) is 4.69. The van der Waals surface area contributed by atoms with Crippen molar-refractivity contribution in [2.45, 2.75) is 44.1 Å². The standard InChI is InChI=1S/C19H18F2O/c20-17-6-4-5-12-13-7-8-16(18(21)15(13)11-14(12)17)19(22)9-2-1-3-10-19/h4-8,22H,1-3,9-11H2. The van der Waals surface area contributed by atoms with Crippen LogP contribution in [0.5, 0.6) is 0 Å². The highest BCUT2D eigenvalue weighted by molar-refractivity contribution is 5.77. The first-order chi connectivity index (χ1) is 10.6. The summed E-state index contributed by atoms with van der Waals surface area (Å²) in [5.41, 5.74) is 1.94. The Hall–Kier alpha value is -1.74. The van der Waals surface area contributed by atoms with E-state index >= 15 is 4.39 Å². The van der Waals surface area contributed by atoms with Crippen LogP contribution in [-0.2, 0) is 12.0 Å². The van der Waals surface area contributed by atoms with E-state index in [0.29, 0.717) is 29.5 Å². The number of aliphatic hydroxyl groups is 1. The van der Waals surface area contributed by atoms with Crippen LogP contribution in [0.2, 0.25) is 0 Å². The molecule has 0 aromatic heterocycles. The van der Waals surface area contributed by atoms with E-state index in [0.717, 1.165) is 30.4 Å². The molecule has 114 valence electrons. The molecule has 1 fully saturated rings. The molecule has 0 amide bonds. The van der Waals surface area contributed by atoms with Gasteiger partial charge in [-0.3, -0.25) is 0 Å². The van der Waals surface area contributed by atoms with Crippen molar-refractivity contribution in [1.82, 2.24) is 0 Å². The first-order valence-electron chi connectivity index (χ1n) is 7.92. The van der Waals surface area contributed by atoms with E-state index in [9.17, 15) is 9.50 Å². The second-order valence-corrected chi connectivity index (χ2v) is 6.49. The lowest BCUT2D eigenvalue weighted by Gasteiger charge is -2.33. The zero-order valence-electron chi connectivity index (χ0n) is 12.3. The lowest BCUT2D eigenvalue weighted by molar-refractivity contribution is -0.00382. The minimum Gasteiger partial charge on any atom is -0.385 e. The Bertz CT molecular complexity index is 745. The summed E-state index contributed by atoms with van der Waals surface area (Å²) in [5.74, 6) is -0.636. The number of hydrogen-bond donors (Lipinski definition) is 1. The van der Waals surface area contributed by atoms with E-state index in [1.54, 1.807) is 12.1 Å². The molecular weight excluding hydrogens is 282 g/mol. The Morgan fingerprint density at radius 3 is 2.36 bits per heavy atom. The van der Waals surface area contributed by atoms with Crippen molar-refractivity contribution in [3.63, 3.8) is 0 Å². The van der Waals surface area contributed by atoms with Crippen molar-refractivity contribution in [3.8, 4) is 11.1 Å². The largest absolute Gasteiger partial charge is 0.385 e. The molecule has 1 nitrogen and oxygen atoms in total. The molecular formula is C19H18F2O. The van der Waals surface area contributed by atoms with Crippen molar-refractivity contribution >= 4 is 0 Å². The zero-order valence-corrected chi connectivity index (χ0v) is 12.3. The predicted molar refractivity (Wildman–Crippen MR) is 81.6 cm³/mol. The van der Waals surface area contributed by atoms with Gasteiger partial charge in [-0.05, 0) is 30.0 Å². The molecule has 4 rings (SSSR count). The number of hydrogen-bond acceptors (Lipinski definition) is 1. The van der Waals surface area contributed by atoms with Gasteiger partial charge < -0.3 is 5.11 Å². The first-order valence-corrected chi connectivity index (χ1v) is 7.92. The Kier molecular flexibility index (Phi) is 3.08. The van der Waals surface area contributed by atoms with Crippen LogP contribution in [-0.4, -0.2) is 5.11 Å². The van der Waals surface area contributed by atoms with Gasteiger partial charge in [-0.15, -0.1) is 0 Å². The number of fused-ring (bicyclic) bond motifs is 3. The summed E-state index contributed by atoms with van der Waals surface area (Å²) in [7, 11) is 0. The average Bonchev–Trinajstić information content (AvgIpc) is 2.89. The number of benzene rings is 2. The maximum absolute atomic E-state index is 15.0. The van der Waals surface area contributed by atoms with Crippen LogP contribution in [0.15, 0.2) is 30.3 Å². The Morgan fingerprint density at radius 2 is 1.59 bits per heavy atom. The highest BCUT2D eigenvalue weighted by Gasteiger charge is 2.36. The van der Waals surface area contributed by atoms with Crippen molar-refractivity contribution in [2.75, 3.05) is 0 Å². The summed E-state index contributed by atoms with van der Waals surface area (Å²) in [6, 6.07) is 8.44. The number of rotatable bonds is 1. The second kappa shape index (κ2) is 4.88. The molecule has 0 saturated heterocycles. The van der Waals surface area contributed by atoms with Gasteiger partial charge in [0.15, 0.2) is 0 Å². The number of halogens is 2. The molecule has 0 bridgehead atoms. The van der Waals surface area contributed by atoms with E-state index < -0.39 is 5.60 Å². The minimum atomic E-state index is -1.06. The molecule has 2 aliphatic rings. The monoisotopic (exact) mass is 300 g/mol. The zero-order chi connectivity index (χ0) is 15.3. The Balaban J connectivity index is 1.83. The summed E-state index contributed by atoms with van der Waals surface area (Å²) < 4.78 is 29.0. The molecule has 3 heteroatoms. The van der Waals surface area contributed by atoms with E-state index in [2.05, 4.69) is 0 Å². The maximum atomic E-state index is 15.0. The second-order valence-electron chi connectivity index (χ2n) is 6.49. The molecule has 0 aliphatic heterocycles. The van der Waals surface area contributed by atoms with E-state index in [-0.39, 0.29) is 18.1 Å². The van der Waals surface area contributed by atoms with Gasteiger partial charge in [0, 0.05) is 23.1 Å². The Morgan fingerprint density at radius 1 is 0.864 bits per heavy atom. The van der Waals surface area contributed by atoms with Crippen molar-refractivity contribution in [3.05, 3.63) is 58.7 Å². The third-order valence-electron chi connectivity index (χ3n) is 5.19. The molecule has 0 heterocycles. The third kappa shape index (κ3) is 1.92. The highest BCUT2D eigenvalue weighted by atomic mass is 19.1. The van der Waals surface area contributed by atoms with Crippen LogP contribution in [0.4, 0.5) is 8.78 Å². The highest BCUT2D eigenvalue weighted by Crippen LogP contribution is 2.44. The fourth-order valence-electron chi connectivity index (χ4n) is 3.98. The molecule has 1 N–H and O–H groups in total. The molecule has 22 heavy (non-hydrogen) atoms. The third-order valence-corrected chi connectivity index (χ3v) is 5.19. The van der Waals surface area contributed by atoms with Crippen LogP contribution in [0.1, 0.15) is 48.8 Å². The molecule has 0 unspecified atom stereocenters. The van der Waals surface area contributed by atoms with E-state index in [1.807, 2.05) is 12.1 Å². The minimum absolute atomic E-state index is 0.271. The van der Waals surface area contributed by atoms with Crippen LogP contribution in [0.25, 0.3) is 11.1 Å². The molecule has 0 atom stereocenters. The van der Waals surface area contributed by atoms with Gasteiger partial charge in [-0.1, -0.05) is 43.5 Å². The van der Waals surface area contributed by atoms with Crippen LogP contribution in [0.3, 0.4) is 0 Å². The van der Waals surface area contributed by atoms with Crippen LogP contribution >= 0.6 is 0 Å². The van der Waals surface area contributed by atoms with Gasteiger partial charge in [0.05, 0.1) is 5.60 Å². The van der Waals surface area contributed by atoms with Crippen LogP contribution in [0, 0.1) is 11.6 Å². The molecule has 0 spiro atoms. The Labute approximate surface area is 128 Å². The topological polar surface area (TPSA) is 20.2 Å². The van der Waals surface area contributed by atoms with Crippen LogP contribution < -0.4 is 0 Å². The maximum Gasteiger partial charge on any atom is 0.133 e.